The Bertz CT molecular complexity index is 893. The van der Waals surface area contributed by atoms with Gasteiger partial charge in [-0.1, -0.05) is 30.3 Å². The topological polar surface area (TPSA) is 54.2 Å². The van der Waals surface area contributed by atoms with Crippen molar-refractivity contribution in [2.45, 2.75) is 26.3 Å². The largest absolute Gasteiger partial charge is 0.357 e. The van der Waals surface area contributed by atoms with Crippen LogP contribution in [0.1, 0.15) is 18.9 Å². The third-order valence-corrected chi connectivity index (χ3v) is 4.34. The maximum Gasteiger partial charge on any atom is 0.191 e. The number of hydrogen-bond donors (Lipinski definition) is 2. The van der Waals surface area contributed by atoms with Crippen LogP contribution in [0.25, 0.3) is 11.0 Å². The number of nitrogens with one attached hydrogen (secondary N) is 2. The van der Waals surface area contributed by atoms with E-state index in [-0.39, 0.29) is 29.8 Å². The van der Waals surface area contributed by atoms with Crippen LogP contribution >= 0.6 is 24.0 Å². The quantitative estimate of drug-likeness (QED) is 0.215. The Hall–Kier alpha value is -2.16. The van der Waals surface area contributed by atoms with Crippen LogP contribution in [0.5, 0.6) is 0 Å². The average molecular weight is 495 g/mol. The molecule has 0 saturated heterocycles. The van der Waals surface area contributed by atoms with Crippen molar-refractivity contribution in [3.63, 3.8) is 0 Å². The van der Waals surface area contributed by atoms with E-state index in [1.807, 2.05) is 43.6 Å². The van der Waals surface area contributed by atoms with Crippen LogP contribution in [0.4, 0.5) is 4.39 Å². The highest BCUT2D eigenvalue weighted by molar-refractivity contribution is 14.0. The van der Waals surface area contributed by atoms with Crippen molar-refractivity contribution >= 4 is 41.0 Å². The molecule has 3 rings (SSSR count). The molecule has 0 amide bonds. The van der Waals surface area contributed by atoms with E-state index in [1.165, 1.54) is 6.07 Å². The molecule has 2 aromatic carbocycles. The molecule has 0 atom stereocenters. The van der Waals surface area contributed by atoms with Gasteiger partial charge in [0.05, 0.1) is 17.4 Å². The molecule has 150 valence electrons. The summed E-state index contributed by atoms with van der Waals surface area (Å²) in [6.45, 7) is 5.04. The molecule has 2 N–H and O–H groups in total. The first-order valence-electron chi connectivity index (χ1n) is 9.43. The molecule has 0 aliphatic carbocycles. The fourth-order valence-electron chi connectivity index (χ4n) is 2.98. The summed E-state index contributed by atoms with van der Waals surface area (Å²) in [6.07, 6.45) is 3.43. The highest BCUT2D eigenvalue weighted by atomic mass is 127. The van der Waals surface area contributed by atoms with Crippen molar-refractivity contribution in [2.75, 3.05) is 19.6 Å². The second kappa shape index (κ2) is 11.6. The zero-order valence-corrected chi connectivity index (χ0v) is 18.4. The van der Waals surface area contributed by atoms with Gasteiger partial charge in [-0.05, 0) is 43.5 Å². The van der Waals surface area contributed by atoms with E-state index in [4.69, 9.17) is 0 Å². The van der Waals surface area contributed by atoms with Gasteiger partial charge < -0.3 is 15.2 Å². The second-order valence-electron chi connectivity index (χ2n) is 6.31. The van der Waals surface area contributed by atoms with Crippen molar-refractivity contribution in [2.24, 2.45) is 4.99 Å². The number of nitrogens with zero attached hydrogens (tertiary/aromatic N) is 3. The number of imidazole rings is 1. The molecular weight excluding hydrogens is 468 g/mol. The van der Waals surface area contributed by atoms with Crippen molar-refractivity contribution in [3.8, 4) is 0 Å². The van der Waals surface area contributed by atoms with Crippen LogP contribution in [-0.4, -0.2) is 35.1 Å². The van der Waals surface area contributed by atoms with Gasteiger partial charge in [0.1, 0.15) is 5.82 Å². The van der Waals surface area contributed by atoms with Gasteiger partial charge in [0.25, 0.3) is 0 Å². The minimum atomic E-state index is -0.159. The monoisotopic (exact) mass is 495 g/mol. The number of hydrogen-bond acceptors (Lipinski definition) is 2. The van der Waals surface area contributed by atoms with Crippen molar-refractivity contribution in [3.05, 3.63) is 66.2 Å². The first-order chi connectivity index (χ1) is 13.3. The standard InChI is InChI=1S/C21H26FN5.HI/c1-2-23-21(25-14-12-17-8-3-4-9-18(17)22)24-13-7-15-27-16-26-19-10-5-6-11-20(19)27;/h3-6,8-11,16H,2,7,12-15H2,1H3,(H2,23,24,25);1H. The minimum Gasteiger partial charge on any atom is -0.357 e. The Kier molecular flexibility index (Phi) is 9.19. The number of fused-ring (bicyclic) bond motifs is 1. The Balaban J connectivity index is 0.00000280. The lowest BCUT2D eigenvalue weighted by atomic mass is 10.1. The molecule has 0 radical (unpaired) electrons. The summed E-state index contributed by atoms with van der Waals surface area (Å²) in [4.78, 5) is 9.02. The summed E-state index contributed by atoms with van der Waals surface area (Å²) in [5, 5.41) is 6.51. The number of para-hydroxylation sites is 2. The predicted molar refractivity (Wildman–Crippen MR) is 124 cm³/mol. The minimum absolute atomic E-state index is 0. The molecule has 0 aliphatic rings. The zero-order chi connectivity index (χ0) is 18.9. The van der Waals surface area contributed by atoms with Gasteiger partial charge in [-0.2, -0.15) is 0 Å². The molecule has 1 heterocycles. The lowest BCUT2D eigenvalue weighted by Gasteiger charge is -2.11. The summed E-state index contributed by atoms with van der Waals surface area (Å²) in [7, 11) is 0. The molecule has 28 heavy (non-hydrogen) atoms. The molecule has 7 heteroatoms. The van der Waals surface area contributed by atoms with Gasteiger partial charge in [0, 0.05) is 26.2 Å². The molecule has 5 nitrogen and oxygen atoms in total. The average Bonchev–Trinajstić information content (AvgIpc) is 3.10. The Morgan fingerprint density at radius 1 is 1.11 bits per heavy atom. The molecule has 1 aromatic heterocycles. The van der Waals surface area contributed by atoms with E-state index < -0.39 is 0 Å². The number of aliphatic imine (C=N–C) groups is 1. The van der Waals surface area contributed by atoms with Crippen molar-refractivity contribution < 1.29 is 4.39 Å². The number of benzene rings is 2. The number of aromatic nitrogens is 2. The fraction of sp³-hybridized carbons (Fsp3) is 0.333. The van der Waals surface area contributed by atoms with E-state index in [9.17, 15) is 4.39 Å². The van der Waals surface area contributed by atoms with Gasteiger partial charge in [-0.25, -0.2) is 9.37 Å². The SMILES string of the molecule is CCNC(=NCCCn1cnc2ccccc21)NCCc1ccccc1F.I. The highest BCUT2D eigenvalue weighted by Gasteiger charge is 2.03. The van der Waals surface area contributed by atoms with E-state index in [2.05, 4.69) is 31.2 Å². The zero-order valence-electron chi connectivity index (χ0n) is 16.1. The maximum absolute atomic E-state index is 13.7. The first kappa shape index (κ1) is 22.1. The van der Waals surface area contributed by atoms with Gasteiger partial charge in [0.2, 0.25) is 0 Å². The summed E-state index contributed by atoms with van der Waals surface area (Å²) in [6, 6.07) is 15.0. The smallest absolute Gasteiger partial charge is 0.191 e. The normalized spacial score (nSPS) is 11.3. The maximum atomic E-state index is 13.7. The van der Waals surface area contributed by atoms with Gasteiger partial charge in [-0.15, -0.1) is 24.0 Å². The molecular formula is C21H27FIN5. The van der Waals surface area contributed by atoms with Crippen LogP contribution in [0, 0.1) is 5.82 Å². The molecule has 0 aliphatic heterocycles. The fourth-order valence-corrected chi connectivity index (χ4v) is 2.98. The van der Waals surface area contributed by atoms with E-state index >= 15 is 0 Å². The van der Waals surface area contributed by atoms with Gasteiger partial charge in [-0.3, -0.25) is 4.99 Å². The number of halogens is 2. The summed E-state index contributed by atoms with van der Waals surface area (Å²) in [5.74, 6) is 0.609. The van der Waals surface area contributed by atoms with Crippen LogP contribution in [0.2, 0.25) is 0 Å². The summed E-state index contributed by atoms with van der Waals surface area (Å²) >= 11 is 0. The van der Waals surface area contributed by atoms with Crippen LogP contribution in [0.15, 0.2) is 59.9 Å². The summed E-state index contributed by atoms with van der Waals surface area (Å²) in [5.41, 5.74) is 2.88. The molecule has 0 fully saturated rings. The molecule has 0 spiro atoms. The lowest BCUT2D eigenvalue weighted by molar-refractivity contribution is 0.606. The molecule has 0 unspecified atom stereocenters. The number of guanidine groups is 1. The van der Waals surface area contributed by atoms with E-state index in [1.54, 1.807) is 6.07 Å². The van der Waals surface area contributed by atoms with E-state index in [0.29, 0.717) is 25.1 Å². The molecule has 3 aromatic rings. The van der Waals surface area contributed by atoms with Crippen LogP contribution < -0.4 is 10.6 Å². The molecule has 0 saturated carbocycles. The Labute approximate surface area is 182 Å². The van der Waals surface area contributed by atoms with Gasteiger partial charge >= 0.3 is 0 Å². The Morgan fingerprint density at radius 3 is 2.71 bits per heavy atom. The predicted octanol–water partition coefficient (Wildman–Crippen LogP) is 3.98. The van der Waals surface area contributed by atoms with Crippen molar-refractivity contribution in [1.29, 1.82) is 0 Å². The lowest BCUT2D eigenvalue weighted by Crippen LogP contribution is -2.38. The van der Waals surface area contributed by atoms with Crippen molar-refractivity contribution in [1.82, 2.24) is 20.2 Å². The first-order valence-corrected chi connectivity index (χ1v) is 9.43. The van der Waals surface area contributed by atoms with Crippen LogP contribution in [-0.2, 0) is 13.0 Å². The molecule has 0 bridgehead atoms. The third-order valence-electron chi connectivity index (χ3n) is 4.34. The third kappa shape index (κ3) is 6.19. The highest BCUT2D eigenvalue weighted by Crippen LogP contribution is 2.12. The number of aryl methyl sites for hydroxylation is 1. The summed E-state index contributed by atoms with van der Waals surface area (Å²) < 4.78 is 15.8. The van der Waals surface area contributed by atoms with Gasteiger partial charge in [0.15, 0.2) is 5.96 Å². The second-order valence-corrected chi connectivity index (χ2v) is 6.31. The van der Waals surface area contributed by atoms with Crippen LogP contribution in [0.3, 0.4) is 0 Å². The van der Waals surface area contributed by atoms with E-state index in [0.717, 1.165) is 36.5 Å². The Morgan fingerprint density at radius 2 is 1.89 bits per heavy atom. The number of rotatable bonds is 8.